The average Bonchev–Trinajstić information content (AvgIpc) is 2.97. The Kier molecular flexibility index (Phi) is 5.79. The summed E-state index contributed by atoms with van der Waals surface area (Å²) in [5.74, 6) is -1.47. The number of hydrogen-bond acceptors (Lipinski definition) is 5. The van der Waals surface area contributed by atoms with Crippen molar-refractivity contribution in [3.8, 4) is 11.5 Å². The Morgan fingerprint density at radius 1 is 1.13 bits per heavy atom. The van der Waals surface area contributed by atoms with Crippen molar-refractivity contribution in [1.29, 1.82) is 0 Å². The van der Waals surface area contributed by atoms with Crippen molar-refractivity contribution in [3.63, 3.8) is 0 Å². The van der Waals surface area contributed by atoms with Crippen LogP contribution in [0.25, 0.3) is 6.08 Å². The SMILES string of the molecule is COC(=O)C1=C(C)N(c2cccc(C(F)(F)F)c2)C(=O)/C1=C\c1ccc(O)c(OC)c1. The summed E-state index contributed by atoms with van der Waals surface area (Å²) in [6.07, 6.45) is -3.21. The van der Waals surface area contributed by atoms with E-state index in [-0.39, 0.29) is 34.0 Å². The predicted octanol–water partition coefficient (Wildman–Crippen LogP) is 4.30. The molecule has 0 spiro atoms. The molecule has 0 fully saturated rings. The molecule has 9 heteroatoms. The van der Waals surface area contributed by atoms with Gasteiger partial charge < -0.3 is 14.6 Å². The molecule has 0 aromatic heterocycles. The standard InChI is InChI=1S/C22H18F3NO5/c1-12-19(21(29)31-3)16(9-13-7-8-17(27)18(10-13)30-2)20(28)26(12)15-6-4-5-14(11-15)22(23,24)25/h4-11,27H,1-3H3/b16-9-. The minimum absolute atomic E-state index is 0.0367. The monoisotopic (exact) mass is 433 g/mol. The van der Waals surface area contributed by atoms with Gasteiger partial charge in [-0.15, -0.1) is 0 Å². The van der Waals surface area contributed by atoms with Crippen molar-refractivity contribution in [2.24, 2.45) is 0 Å². The highest BCUT2D eigenvalue weighted by molar-refractivity contribution is 6.23. The topological polar surface area (TPSA) is 76.1 Å². The van der Waals surface area contributed by atoms with Gasteiger partial charge in [0.15, 0.2) is 11.5 Å². The number of alkyl halides is 3. The number of phenolic OH excluding ortho intramolecular Hbond substituents is 1. The molecular weight excluding hydrogens is 415 g/mol. The summed E-state index contributed by atoms with van der Waals surface area (Å²) in [4.78, 5) is 26.6. The van der Waals surface area contributed by atoms with Crippen LogP contribution < -0.4 is 9.64 Å². The third kappa shape index (κ3) is 4.11. The Bertz CT molecular complexity index is 1120. The van der Waals surface area contributed by atoms with Gasteiger partial charge in [-0.05, 0) is 48.9 Å². The normalized spacial score (nSPS) is 15.6. The number of aromatic hydroxyl groups is 1. The van der Waals surface area contributed by atoms with Gasteiger partial charge in [0.25, 0.3) is 5.91 Å². The molecule has 0 aliphatic carbocycles. The average molecular weight is 433 g/mol. The molecule has 1 aliphatic rings. The second-order valence-corrected chi connectivity index (χ2v) is 6.63. The number of carbonyl (C=O) groups is 2. The van der Waals surface area contributed by atoms with Gasteiger partial charge in [0.05, 0.1) is 30.9 Å². The first-order chi connectivity index (χ1) is 14.6. The summed E-state index contributed by atoms with van der Waals surface area (Å²) in [5, 5.41) is 9.75. The van der Waals surface area contributed by atoms with Gasteiger partial charge >= 0.3 is 12.1 Å². The number of rotatable bonds is 4. The smallest absolute Gasteiger partial charge is 0.416 e. The van der Waals surface area contributed by atoms with Crippen LogP contribution in [0.2, 0.25) is 0 Å². The number of carbonyl (C=O) groups excluding carboxylic acids is 2. The van der Waals surface area contributed by atoms with Crippen molar-refractivity contribution < 1.29 is 37.3 Å². The minimum Gasteiger partial charge on any atom is -0.504 e. The first-order valence-electron chi connectivity index (χ1n) is 8.98. The Morgan fingerprint density at radius 3 is 2.45 bits per heavy atom. The number of ether oxygens (including phenoxy) is 2. The fourth-order valence-electron chi connectivity index (χ4n) is 3.26. The molecule has 0 radical (unpaired) electrons. The first-order valence-corrected chi connectivity index (χ1v) is 8.98. The van der Waals surface area contributed by atoms with Gasteiger partial charge in [-0.1, -0.05) is 12.1 Å². The van der Waals surface area contributed by atoms with E-state index in [0.717, 1.165) is 24.1 Å². The van der Waals surface area contributed by atoms with Crippen molar-refractivity contribution >= 4 is 23.6 Å². The molecule has 0 saturated carbocycles. The lowest BCUT2D eigenvalue weighted by Crippen LogP contribution is -2.24. The van der Waals surface area contributed by atoms with Crippen LogP contribution in [0.5, 0.6) is 11.5 Å². The van der Waals surface area contributed by atoms with E-state index in [2.05, 4.69) is 0 Å². The molecule has 162 valence electrons. The minimum atomic E-state index is -4.59. The maximum absolute atomic E-state index is 13.2. The second kappa shape index (κ2) is 8.17. The number of hydrogen-bond donors (Lipinski definition) is 1. The second-order valence-electron chi connectivity index (χ2n) is 6.63. The number of phenols is 1. The number of allylic oxidation sites excluding steroid dienone is 1. The van der Waals surface area contributed by atoms with Crippen LogP contribution in [0, 0.1) is 0 Å². The number of anilines is 1. The van der Waals surface area contributed by atoms with Crippen molar-refractivity contribution in [2.45, 2.75) is 13.1 Å². The number of benzene rings is 2. The zero-order chi connectivity index (χ0) is 22.9. The highest BCUT2D eigenvalue weighted by Gasteiger charge is 2.39. The van der Waals surface area contributed by atoms with Gasteiger partial charge in [-0.25, -0.2) is 4.79 Å². The Hall–Kier alpha value is -3.75. The number of methoxy groups -OCH3 is 2. The zero-order valence-corrected chi connectivity index (χ0v) is 16.8. The molecule has 2 aromatic rings. The summed E-state index contributed by atoms with van der Waals surface area (Å²) >= 11 is 0. The third-order valence-corrected chi connectivity index (χ3v) is 4.74. The van der Waals surface area contributed by atoms with Gasteiger partial charge in [0, 0.05) is 11.4 Å². The molecule has 3 rings (SSSR count). The van der Waals surface area contributed by atoms with Gasteiger partial charge in [-0.2, -0.15) is 13.2 Å². The number of halogens is 3. The molecule has 0 unspecified atom stereocenters. The fourth-order valence-corrected chi connectivity index (χ4v) is 3.26. The van der Waals surface area contributed by atoms with Gasteiger partial charge in [0.1, 0.15) is 0 Å². The molecule has 1 heterocycles. The van der Waals surface area contributed by atoms with Crippen molar-refractivity contribution in [1.82, 2.24) is 0 Å². The highest BCUT2D eigenvalue weighted by atomic mass is 19.4. The fraction of sp³-hybridized carbons (Fsp3) is 0.182. The van der Waals surface area contributed by atoms with Crippen molar-refractivity contribution in [2.75, 3.05) is 19.1 Å². The van der Waals surface area contributed by atoms with Crippen LogP contribution in [0.4, 0.5) is 18.9 Å². The van der Waals surface area contributed by atoms with Gasteiger partial charge in [0.2, 0.25) is 0 Å². The Morgan fingerprint density at radius 2 is 1.84 bits per heavy atom. The predicted molar refractivity (Wildman–Crippen MR) is 106 cm³/mol. The molecule has 1 N–H and O–H groups in total. The largest absolute Gasteiger partial charge is 0.504 e. The lowest BCUT2D eigenvalue weighted by molar-refractivity contribution is -0.137. The Balaban J connectivity index is 2.15. The summed E-state index contributed by atoms with van der Waals surface area (Å²) < 4.78 is 49.3. The van der Waals surface area contributed by atoms with Gasteiger partial charge in [-0.3, -0.25) is 9.69 Å². The summed E-state index contributed by atoms with van der Waals surface area (Å²) in [7, 11) is 2.49. The molecule has 6 nitrogen and oxygen atoms in total. The Labute approximate surface area is 175 Å². The van der Waals surface area contributed by atoms with E-state index in [9.17, 15) is 27.9 Å². The van der Waals surface area contributed by atoms with E-state index >= 15 is 0 Å². The van der Waals surface area contributed by atoms with E-state index in [1.165, 1.54) is 50.4 Å². The van der Waals surface area contributed by atoms with Crippen LogP contribution in [-0.4, -0.2) is 31.2 Å². The van der Waals surface area contributed by atoms with Crippen LogP contribution in [-0.2, 0) is 20.5 Å². The zero-order valence-electron chi connectivity index (χ0n) is 16.8. The molecule has 0 atom stereocenters. The lowest BCUT2D eigenvalue weighted by Gasteiger charge is -2.19. The molecule has 2 aromatic carbocycles. The molecular formula is C22H18F3NO5. The van der Waals surface area contributed by atoms with Crippen LogP contribution in [0.1, 0.15) is 18.1 Å². The van der Waals surface area contributed by atoms with E-state index in [4.69, 9.17) is 9.47 Å². The third-order valence-electron chi connectivity index (χ3n) is 4.74. The molecule has 0 saturated heterocycles. The van der Waals surface area contributed by atoms with Crippen LogP contribution >= 0.6 is 0 Å². The summed E-state index contributed by atoms with van der Waals surface area (Å²) in [5.41, 5.74) is -0.533. The van der Waals surface area contributed by atoms with E-state index in [1.807, 2.05) is 0 Å². The number of amides is 1. The van der Waals surface area contributed by atoms with Crippen molar-refractivity contribution in [3.05, 3.63) is 70.4 Å². The van der Waals surface area contributed by atoms with Crippen LogP contribution in [0.3, 0.4) is 0 Å². The van der Waals surface area contributed by atoms with E-state index in [0.29, 0.717) is 5.56 Å². The van der Waals surface area contributed by atoms with E-state index in [1.54, 1.807) is 0 Å². The lowest BCUT2D eigenvalue weighted by atomic mass is 10.0. The maximum Gasteiger partial charge on any atom is 0.416 e. The summed E-state index contributed by atoms with van der Waals surface area (Å²) in [6.45, 7) is 1.45. The van der Waals surface area contributed by atoms with E-state index < -0.39 is 23.6 Å². The first kappa shape index (κ1) is 21.9. The molecule has 31 heavy (non-hydrogen) atoms. The number of nitrogens with zero attached hydrogens (tertiary/aromatic N) is 1. The summed E-state index contributed by atoms with van der Waals surface area (Å²) in [6, 6.07) is 8.56. The quantitative estimate of drug-likeness (QED) is 0.575. The maximum atomic E-state index is 13.2. The molecule has 1 aliphatic heterocycles. The molecule has 1 amide bonds. The highest BCUT2D eigenvalue weighted by Crippen LogP contribution is 2.38. The number of esters is 1. The molecule has 0 bridgehead atoms. The van der Waals surface area contributed by atoms with Crippen LogP contribution in [0.15, 0.2) is 59.3 Å².